The lowest BCUT2D eigenvalue weighted by molar-refractivity contribution is -0.185. The lowest BCUT2D eigenvalue weighted by Gasteiger charge is -2.17. The molecule has 3 aromatic carbocycles. The molecule has 0 aliphatic rings. The van der Waals surface area contributed by atoms with E-state index in [0.29, 0.717) is 11.5 Å². The third-order valence-electron chi connectivity index (χ3n) is 4.06. The molecule has 0 radical (unpaired) electrons. The van der Waals surface area contributed by atoms with Crippen molar-refractivity contribution in [3.05, 3.63) is 96.1 Å². The van der Waals surface area contributed by atoms with Crippen LogP contribution in [0, 0.1) is 13.8 Å². The summed E-state index contributed by atoms with van der Waals surface area (Å²) >= 11 is 0. The number of hydrogen-bond donors (Lipinski definition) is 0. The molecule has 156 valence electrons. The fourth-order valence-electron chi connectivity index (χ4n) is 2.34. The van der Waals surface area contributed by atoms with E-state index < -0.39 is 7.82 Å². The van der Waals surface area contributed by atoms with E-state index in [1.165, 1.54) is 0 Å². The predicted molar refractivity (Wildman–Crippen MR) is 115 cm³/mol. The highest BCUT2D eigenvalue weighted by Gasteiger charge is 2.34. The summed E-state index contributed by atoms with van der Waals surface area (Å²) in [6.07, 6.45) is 0. The molecule has 3 aromatic rings. The Morgan fingerprint density at radius 2 is 1.10 bits per heavy atom. The van der Waals surface area contributed by atoms with E-state index in [2.05, 4.69) is 6.58 Å². The zero-order chi connectivity index (χ0) is 21.6. The number of allylic oxidation sites excluding steroid dienone is 1. The minimum Gasteiger partial charge on any atom is -0.400 e. The molecule has 30 heavy (non-hydrogen) atoms. The van der Waals surface area contributed by atoms with Gasteiger partial charge in [-0.25, -0.2) is 4.57 Å². The van der Waals surface area contributed by atoms with Gasteiger partial charge in [-0.2, -0.15) is 0 Å². The normalized spacial score (nSPS) is 11.0. The SMILES string of the molecule is C=C(C)c1ccc(OP(=O)(OOc2ccc(C)cc2)OOc2ccc(C)cc2)cc1. The van der Waals surface area contributed by atoms with Gasteiger partial charge < -0.3 is 14.3 Å². The van der Waals surface area contributed by atoms with E-state index in [1.54, 1.807) is 48.5 Å². The second kappa shape index (κ2) is 9.63. The van der Waals surface area contributed by atoms with E-state index in [9.17, 15) is 4.57 Å². The summed E-state index contributed by atoms with van der Waals surface area (Å²) in [7, 11) is -4.30. The number of rotatable bonds is 9. The van der Waals surface area contributed by atoms with Crippen molar-refractivity contribution >= 4 is 13.4 Å². The molecule has 0 amide bonds. The predicted octanol–water partition coefficient (Wildman–Crippen LogP) is 6.84. The van der Waals surface area contributed by atoms with Gasteiger partial charge in [-0.15, -0.1) is 0 Å². The topological polar surface area (TPSA) is 63.2 Å². The molecule has 0 unspecified atom stereocenters. The first-order valence-corrected chi connectivity index (χ1v) is 10.7. The summed E-state index contributed by atoms with van der Waals surface area (Å²) < 4.78 is 28.7. The smallest absolute Gasteiger partial charge is 0.400 e. The van der Waals surface area contributed by atoms with Crippen molar-refractivity contribution in [2.24, 2.45) is 0 Å². The van der Waals surface area contributed by atoms with Gasteiger partial charge in [0.05, 0.1) is 0 Å². The summed E-state index contributed by atoms with van der Waals surface area (Å²) in [4.78, 5) is 10.3. The summed E-state index contributed by atoms with van der Waals surface area (Å²) in [5.74, 6) is 0.922. The van der Waals surface area contributed by atoms with E-state index in [4.69, 9.17) is 23.6 Å². The first kappa shape index (κ1) is 21.7. The average Bonchev–Trinajstić information content (AvgIpc) is 2.73. The van der Waals surface area contributed by atoms with Crippen LogP contribution in [0.25, 0.3) is 5.57 Å². The number of aryl methyl sites for hydroxylation is 2. The maximum Gasteiger partial charge on any atom is 0.604 e. The zero-order valence-corrected chi connectivity index (χ0v) is 17.9. The monoisotopic (exact) mass is 426 g/mol. The maximum absolute atomic E-state index is 13.1. The molecule has 0 aliphatic heterocycles. The summed E-state index contributed by atoms with van der Waals surface area (Å²) in [6.45, 7) is 9.64. The summed E-state index contributed by atoms with van der Waals surface area (Å²) in [5.41, 5.74) is 3.89. The van der Waals surface area contributed by atoms with Crippen molar-refractivity contribution < 1.29 is 28.2 Å². The number of hydrogen-bond acceptors (Lipinski definition) is 6. The van der Waals surface area contributed by atoms with Gasteiger partial charge in [0, 0.05) is 0 Å². The lowest BCUT2D eigenvalue weighted by atomic mass is 10.1. The van der Waals surface area contributed by atoms with Crippen LogP contribution in [-0.4, -0.2) is 0 Å². The molecule has 7 heteroatoms. The van der Waals surface area contributed by atoms with Gasteiger partial charge in [0.15, 0.2) is 11.5 Å². The van der Waals surface area contributed by atoms with Crippen molar-refractivity contribution in [3.63, 3.8) is 0 Å². The van der Waals surface area contributed by atoms with Crippen molar-refractivity contribution in [3.8, 4) is 17.2 Å². The number of phosphoric acid groups is 1. The van der Waals surface area contributed by atoms with Gasteiger partial charge in [-0.3, -0.25) is 0 Å². The molecular weight excluding hydrogens is 403 g/mol. The first-order chi connectivity index (χ1) is 14.3. The number of benzene rings is 3. The molecule has 0 spiro atoms. The molecule has 0 bridgehead atoms. The minimum absolute atomic E-state index is 0.253. The van der Waals surface area contributed by atoms with Gasteiger partial charge in [-0.1, -0.05) is 69.0 Å². The fraction of sp³-hybridized carbons (Fsp3) is 0.130. The second-order valence-electron chi connectivity index (χ2n) is 6.79. The Bertz CT molecular complexity index is 973. The Balaban J connectivity index is 1.75. The molecule has 0 aromatic heterocycles. The average molecular weight is 426 g/mol. The van der Waals surface area contributed by atoms with E-state index in [-0.39, 0.29) is 5.75 Å². The first-order valence-electron chi connectivity index (χ1n) is 9.24. The van der Waals surface area contributed by atoms with Crippen molar-refractivity contribution in [2.45, 2.75) is 20.8 Å². The van der Waals surface area contributed by atoms with Crippen LogP contribution in [0.1, 0.15) is 23.6 Å². The molecule has 6 nitrogen and oxygen atoms in total. The molecule has 0 heterocycles. The van der Waals surface area contributed by atoms with Gasteiger partial charge in [0.2, 0.25) is 0 Å². The van der Waals surface area contributed by atoms with Crippen molar-refractivity contribution in [1.82, 2.24) is 0 Å². The quantitative estimate of drug-likeness (QED) is 0.212. The van der Waals surface area contributed by atoms with Crippen molar-refractivity contribution in [2.75, 3.05) is 0 Å². The third-order valence-corrected chi connectivity index (χ3v) is 5.00. The van der Waals surface area contributed by atoms with Gasteiger partial charge in [0.1, 0.15) is 5.75 Å². The van der Waals surface area contributed by atoms with Crippen LogP contribution < -0.4 is 14.3 Å². The second-order valence-corrected chi connectivity index (χ2v) is 8.16. The maximum atomic E-state index is 13.1. The standard InChI is InChI=1S/C23H23O6P/c1-17(2)20-9-15-23(16-10-20)27-30(24,28-25-21-11-5-18(3)6-12-21)29-26-22-13-7-19(4)8-14-22/h5-16H,1H2,2-4H3. The largest absolute Gasteiger partial charge is 0.604 e. The Morgan fingerprint density at radius 3 is 1.50 bits per heavy atom. The van der Waals surface area contributed by atoms with E-state index >= 15 is 0 Å². The molecule has 0 saturated heterocycles. The van der Waals surface area contributed by atoms with Crippen molar-refractivity contribution in [1.29, 1.82) is 0 Å². The van der Waals surface area contributed by atoms with E-state index in [1.807, 2.05) is 45.0 Å². The molecule has 0 N–H and O–H groups in total. The minimum atomic E-state index is -4.30. The summed E-state index contributed by atoms with van der Waals surface area (Å²) in [5, 5.41) is 0. The van der Waals surface area contributed by atoms with Gasteiger partial charge >= 0.3 is 7.82 Å². The van der Waals surface area contributed by atoms with Crippen LogP contribution in [0.5, 0.6) is 17.2 Å². The third kappa shape index (κ3) is 6.22. The molecule has 0 saturated carbocycles. The Hall–Kier alpha value is -3.05. The molecule has 0 atom stereocenters. The fourth-order valence-corrected chi connectivity index (χ4v) is 3.16. The van der Waals surface area contributed by atoms with Crippen LogP contribution in [0.2, 0.25) is 0 Å². The van der Waals surface area contributed by atoms with Crippen LogP contribution in [-0.2, 0) is 13.9 Å². The van der Waals surface area contributed by atoms with E-state index in [0.717, 1.165) is 22.3 Å². The molecule has 0 fully saturated rings. The highest BCUT2D eigenvalue weighted by Crippen LogP contribution is 2.50. The highest BCUT2D eigenvalue weighted by molar-refractivity contribution is 7.48. The Kier molecular flexibility index (Phi) is 6.95. The zero-order valence-electron chi connectivity index (χ0n) is 17.0. The molecule has 0 aliphatic carbocycles. The van der Waals surface area contributed by atoms with Crippen LogP contribution in [0.15, 0.2) is 79.4 Å². The lowest BCUT2D eigenvalue weighted by Crippen LogP contribution is -2.08. The van der Waals surface area contributed by atoms with Crippen LogP contribution in [0.3, 0.4) is 0 Å². The Morgan fingerprint density at radius 1 is 0.700 bits per heavy atom. The molecular formula is C23H23O6P. The van der Waals surface area contributed by atoms with Gasteiger partial charge in [-0.05, 0) is 62.7 Å². The molecule has 3 rings (SSSR count). The Labute approximate surface area is 176 Å². The highest BCUT2D eigenvalue weighted by atomic mass is 31.2. The summed E-state index contributed by atoms with van der Waals surface area (Å²) in [6, 6.07) is 20.8. The van der Waals surface area contributed by atoms with Crippen LogP contribution in [0.4, 0.5) is 0 Å². The van der Waals surface area contributed by atoms with Gasteiger partial charge in [0.25, 0.3) is 0 Å². The van der Waals surface area contributed by atoms with Crippen LogP contribution >= 0.6 is 7.82 Å².